The van der Waals surface area contributed by atoms with Gasteiger partial charge in [0.15, 0.2) is 6.04 Å². The molecule has 0 aromatic heterocycles. The molecule has 1 fully saturated rings. The van der Waals surface area contributed by atoms with Crippen LogP contribution in [0.5, 0.6) is 0 Å². The lowest BCUT2D eigenvalue weighted by atomic mass is 9.71. The van der Waals surface area contributed by atoms with Gasteiger partial charge < -0.3 is 0 Å². The average molecular weight is 409 g/mol. The molecule has 4 rings (SSSR count). The fraction of sp³-hybridized carbons (Fsp3) is 0.238. The van der Waals surface area contributed by atoms with Crippen LogP contribution in [0.25, 0.3) is 6.08 Å². The Hall–Kier alpha value is -2.47. The lowest BCUT2D eigenvalue weighted by Crippen LogP contribution is -3.07. The van der Waals surface area contributed by atoms with Gasteiger partial charge in [0.05, 0.1) is 28.7 Å². The largest absolute Gasteiger partial charge is 0.294 e. The summed E-state index contributed by atoms with van der Waals surface area (Å²) in [5, 5.41) is 20.1. The molecule has 0 saturated carbocycles. The molecule has 0 spiro atoms. The second-order valence-electron chi connectivity index (χ2n) is 6.93. The lowest BCUT2D eigenvalue weighted by Gasteiger charge is -2.30. The maximum atomic E-state index is 13.7. The van der Waals surface area contributed by atoms with Gasteiger partial charge >= 0.3 is 0 Å². The van der Waals surface area contributed by atoms with Crippen molar-refractivity contribution >= 4 is 22.0 Å². The summed E-state index contributed by atoms with van der Waals surface area (Å²) in [5.41, 5.74) is 1.83. The second-order valence-corrected chi connectivity index (χ2v) is 7.78. The lowest BCUT2D eigenvalue weighted by molar-refractivity contribution is -0.902. The van der Waals surface area contributed by atoms with Gasteiger partial charge in [0.25, 0.3) is 0 Å². The van der Waals surface area contributed by atoms with Crippen LogP contribution in [0.4, 0.5) is 4.39 Å². The maximum absolute atomic E-state index is 13.7. The Bertz CT molecular complexity index is 987. The molecule has 2 heterocycles. The topological polar surface area (TPSA) is 52.0 Å². The quantitative estimate of drug-likeness (QED) is 0.776. The number of fused-ring (bicyclic) bond motifs is 3. The van der Waals surface area contributed by atoms with E-state index in [-0.39, 0.29) is 23.8 Å². The number of rotatable bonds is 1. The molecule has 26 heavy (non-hydrogen) atoms. The number of hydrogen-bond acceptors (Lipinski definition) is 2. The summed E-state index contributed by atoms with van der Waals surface area (Å²) in [5.74, 6) is -0.539. The van der Waals surface area contributed by atoms with E-state index in [4.69, 9.17) is 0 Å². The van der Waals surface area contributed by atoms with E-state index >= 15 is 0 Å². The van der Waals surface area contributed by atoms with E-state index in [1.54, 1.807) is 12.1 Å². The zero-order valence-corrected chi connectivity index (χ0v) is 15.7. The van der Waals surface area contributed by atoms with Crippen LogP contribution in [0, 0.1) is 39.8 Å². The van der Waals surface area contributed by atoms with Crippen LogP contribution in [0.15, 0.2) is 53.1 Å². The van der Waals surface area contributed by atoms with Crippen molar-refractivity contribution < 1.29 is 9.29 Å². The number of halogens is 2. The van der Waals surface area contributed by atoms with Gasteiger partial charge in [-0.15, -0.1) is 0 Å². The number of nitrogens with zero attached hydrogens (tertiary/aromatic N) is 2. The fourth-order valence-corrected chi connectivity index (χ4v) is 4.93. The SMILES string of the molecule is C[C@@H]1[C@@H](c2ccc(F)c(Br)c2)[NH+]2C=Cc3ccccc3[C@@H]2C1(C#N)C#N. The van der Waals surface area contributed by atoms with E-state index < -0.39 is 5.41 Å². The first-order chi connectivity index (χ1) is 12.5. The Morgan fingerprint density at radius 1 is 1.15 bits per heavy atom. The van der Waals surface area contributed by atoms with Gasteiger partial charge in [0, 0.05) is 11.1 Å². The zero-order chi connectivity index (χ0) is 18.5. The third-order valence-electron chi connectivity index (χ3n) is 5.80. The van der Waals surface area contributed by atoms with E-state index in [0.29, 0.717) is 4.47 Å². The summed E-state index contributed by atoms with van der Waals surface area (Å²) in [7, 11) is 0. The summed E-state index contributed by atoms with van der Waals surface area (Å²) in [6, 6.07) is 17.2. The minimum absolute atomic E-state index is 0.110. The van der Waals surface area contributed by atoms with Gasteiger partial charge in [-0.05, 0) is 39.7 Å². The molecule has 2 aromatic carbocycles. The molecular formula is C21H16BrFN3+. The van der Waals surface area contributed by atoms with E-state index in [2.05, 4.69) is 28.1 Å². The van der Waals surface area contributed by atoms with Crippen molar-refractivity contribution in [3.63, 3.8) is 0 Å². The highest BCUT2D eigenvalue weighted by atomic mass is 79.9. The molecule has 2 aliphatic heterocycles. The predicted molar refractivity (Wildman–Crippen MR) is 98.8 cm³/mol. The van der Waals surface area contributed by atoms with Crippen molar-refractivity contribution in [1.29, 1.82) is 10.5 Å². The molecule has 0 amide bonds. The van der Waals surface area contributed by atoms with Crippen LogP contribution in [0.2, 0.25) is 0 Å². The molecule has 1 N–H and O–H groups in total. The van der Waals surface area contributed by atoms with Crippen molar-refractivity contribution in [2.45, 2.75) is 19.0 Å². The van der Waals surface area contributed by atoms with Crippen LogP contribution >= 0.6 is 15.9 Å². The Morgan fingerprint density at radius 3 is 2.58 bits per heavy atom. The minimum Gasteiger partial charge on any atom is -0.294 e. The van der Waals surface area contributed by atoms with Crippen LogP contribution in [0.3, 0.4) is 0 Å². The van der Waals surface area contributed by atoms with E-state index in [1.165, 1.54) is 6.07 Å². The summed E-state index contributed by atoms with van der Waals surface area (Å²) in [4.78, 5) is 1.05. The molecule has 0 aliphatic carbocycles. The van der Waals surface area contributed by atoms with Gasteiger partial charge in [-0.25, -0.2) is 4.39 Å². The normalized spacial score (nSPS) is 27.9. The Labute approximate surface area is 160 Å². The van der Waals surface area contributed by atoms with Crippen molar-refractivity contribution in [3.05, 3.63) is 75.6 Å². The average Bonchev–Trinajstić information content (AvgIpc) is 2.92. The van der Waals surface area contributed by atoms with Gasteiger partial charge in [0.2, 0.25) is 5.41 Å². The van der Waals surface area contributed by atoms with Crippen molar-refractivity contribution in [2.75, 3.05) is 0 Å². The number of quaternary nitrogens is 1. The molecule has 2 aromatic rings. The van der Waals surface area contributed by atoms with Gasteiger partial charge in [0.1, 0.15) is 11.9 Å². The van der Waals surface area contributed by atoms with Crippen molar-refractivity contribution in [2.24, 2.45) is 11.3 Å². The van der Waals surface area contributed by atoms with Crippen LogP contribution in [0.1, 0.15) is 35.7 Å². The molecule has 1 saturated heterocycles. The summed E-state index contributed by atoms with van der Waals surface area (Å²) >= 11 is 3.26. The minimum atomic E-state index is -1.15. The molecule has 3 nitrogen and oxygen atoms in total. The summed E-state index contributed by atoms with van der Waals surface area (Å²) in [6.07, 6.45) is 4.09. The van der Waals surface area contributed by atoms with Crippen molar-refractivity contribution in [1.82, 2.24) is 0 Å². The Morgan fingerprint density at radius 2 is 1.88 bits per heavy atom. The van der Waals surface area contributed by atoms with Gasteiger partial charge in [-0.1, -0.05) is 37.3 Å². The third-order valence-corrected chi connectivity index (χ3v) is 6.41. The summed E-state index contributed by atoms with van der Waals surface area (Å²) < 4.78 is 14.1. The van der Waals surface area contributed by atoms with Crippen LogP contribution in [-0.2, 0) is 0 Å². The molecule has 4 atom stereocenters. The molecule has 1 unspecified atom stereocenters. The highest BCUT2D eigenvalue weighted by Crippen LogP contribution is 2.50. The van der Waals surface area contributed by atoms with E-state index in [0.717, 1.165) is 21.6 Å². The second kappa shape index (κ2) is 6.06. The number of nitriles is 2. The van der Waals surface area contributed by atoms with Crippen LogP contribution in [-0.4, -0.2) is 0 Å². The molecule has 0 radical (unpaired) electrons. The van der Waals surface area contributed by atoms with Gasteiger partial charge in [-0.2, -0.15) is 10.5 Å². The smallest absolute Gasteiger partial charge is 0.208 e. The molecule has 2 aliphatic rings. The molecular weight excluding hydrogens is 393 g/mol. The summed E-state index contributed by atoms with van der Waals surface area (Å²) in [6.45, 7) is 1.95. The number of nitrogens with one attached hydrogen (secondary N) is 1. The first-order valence-electron chi connectivity index (χ1n) is 8.44. The third kappa shape index (κ3) is 2.18. The first kappa shape index (κ1) is 17.0. The van der Waals surface area contributed by atoms with Gasteiger partial charge in [-0.3, -0.25) is 4.90 Å². The number of benzene rings is 2. The van der Waals surface area contributed by atoms with E-state index in [9.17, 15) is 14.9 Å². The highest BCUT2D eigenvalue weighted by molar-refractivity contribution is 9.10. The zero-order valence-electron chi connectivity index (χ0n) is 14.1. The highest BCUT2D eigenvalue weighted by Gasteiger charge is 2.64. The standard InChI is InChI=1S/C21H15BrFN3/c1-13-19(15-6-7-18(23)17(22)10-15)26-9-8-14-4-2-3-5-16(14)20(26)21(13,11-24)12-25/h2-10,13,19-20H,1H3/p+1/t13-,19+,20-/m1/s1. The molecule has 0 bridgehead atoms. The molecule has 5 heteroatoms. The first-order valence-corrected chi connectivity index (χ1v) is 9.24. The Kier molecular flexibility index (Phi) is 3.95. The fourth-order valence-electron chi connectivity index (χ4n) is 4.54. The maximum Gasteiger partial charge on any atom is 0.208 e. The van der Waals surface area contributed by atoms with Crippen LogP contribution < -0.4 is 4.90 Å². The molecule has 128 valence electrons. The number of hydrogen-bond donors (Lipinski definition) is 1. The Balaban J connectivity index is 1.93. The van der Waals surface area contributed by atoms with Crippen molar-refractivity contribution in [3.8, 4) is 12.1 Å². The predicted octanol–water partition coefficient (Wildman–Crippen LogP) is 3.92. The van der Waals surface area contributed by atoms with E-state index in [1.807, 2.05) is 43.5 Å². The monoisotopic (exact) mass is 408 g/mol.